The van der Waals surface area contributed by atoms with Crippen LogP contribution in [-0.2, 0) is 14.1 Å². The van der Waals surface area contributed by atoms with Gasteiger partial charge in [0.1, 0.15) is 0 Å². The van der Waals surface area contributed by atoms with Gasteiger partial charge in [0.05, 0.1) is 39.2 Å². The van der Waals surface area contributed by atoms with Crippen LogP contribution in [0.3, 0.4) is 0 Å². The zero-order chi connectivity index (χ0) is 19.1. The van der Waals surface area contributed by atoms with Gasteiger partial charge in [-0.05, 0) is 6.07 Å². The number of aryl methyl sites for hydroxylation is 2. The van der Waals surface area contributed by atoms with E-state index in [1.54, 1.807) is 23.1 Å². The fraction of sp³-hybridized carbons (Fsp3) is 0.118. The normalized spacial score (nSPS) is 11.1. The summed E-state index contributed by atoms with van der Waals surface area (Å²) in [5.41, 5.74) is 2.81. The summed E-state index contributed by atoms with van der Waals surface area (Å²) in [6, 6.07) is 4.70. The predicted octanol–water partition coefficient (Wildman–Crippen LogP) is 3.67. The lowest BCUT2D eigenvalue weighted by atomic mass is 10.1. The first kappa shape index (κ1) is 17.0. The number of benzene rings is 1. The lowest BCUT2D eigenvalue weighted by Gasteiger charge is -2.06. The minimum Gasteiger partial charge on any atom is -0.350 e. The van der Waals surface area contributed by atoms with E-state index in [4.69, 9.17) is 11.6 Å². The van der Waals surface area contributed by atoms with E-state index in [0.717, 1.165) is 22.2 Å². The summed E-state index contributed by atoms with van der Waals surface area (Å²) >= 11 is 6.34. The number of non-ortho nitro benzene ring substituents is 1. The Morgan fingerprint density at radius 1 is 1.22 bits per heavy atom. The number of nitrogens with zero attached hydrogens (tertiary/aromatic N) is 6. The molecule has 0 aliphatic rings. The molecule has 3 aromatic heterocycles. The largest absolute Gasteiger partial charge is 0.350 e. The minimum absolute atomic E-state index is 0.0305. The molecule has 10 heteroatoms. The second kappa shape index (κ2) is 6.36. The molecule has 0 fully saturated rings. The third-order valence-electron chi connectivity index (χ3n) is 4.15. The van der Waals surface area contributed by atoms with Crippen molar-refractivity contribution in [3.63, 3.8) is 0 Å². The smallest absolute Gasteiger partial charge is 0.271 e. The molecule has 0 unspecified atom stereocenters. The standard InChI is InChI=1S/C17H14ClN7O2/c1-23-9-13(12-4-3-11(25(26)27)5-15(12)23)16-14(18)7-19-17(22-16)21-10-6-20-24(2)8-10/h3-9H,1-2H3,(H,19,21,22). The van der Waals surface area contributed by atoms with E-state index in [-0.39, 0.29) is 5.69 Å². The van der Waals surface area contributed by atoms with Crippen molar-refractivity contribution in [1.29, 1.82) is 0 Å². The van der Waals surface area contributed by atoms with Crippen molar-refractivity contribution < 1.29 is 4.92 Å². The number of nitro groups is 1. The van der Waals surface area contributed by atoms with Crippen molar-refractivity contribution in [2.75, 3.05) is 5.32 Å². The maximum absolute atomic E-state index is 11.0. The number of hydrogen-bond donors (Lipinski definition) is 1. The fourth-order valence-electron chi connectivity index (χ4n) is 2.91. The maximum Gasteiger partial charge on any atom is 0.271 e. The molecule has 1 N–H and O–H groups in total. The molecule has 3 heterocycles. The molecule has 27 heavy (non-hydrogen) atoms. The quantitative estimate of drug-likeness (QED) is 0.426. The molecule has 4 aromatic rings. The highest BCUT2D eigenvalue weighted by Gasteiger charge is 2.17. The number of hydrogen-bond acceptors (Lipinski definition) is 6. The van der Waals surface area contributed by atoms with Crippen molar-refractivity contribution in [3.8, 4) is 11.3 Å². The van der Waals surface area contributed by atoms with E-state index in [2.05, 4.69) is 20.4 Å². The Morgan fingerprint density at radius 3 is 2.74 bits per heavy atom. The van der Waals surface area contributed by atoms with Crippen LogP contribution in [0.4, 0.5) is 17.3 Å². The van der Waals surface area contributed by atoms with Gasteiger partial charge in [-0.15, -0.1) is 0 Å². The third-order valence-corrected chi connectivity index (χ3v) is 4.42. The SMILES string of the molecule is Cn1cc(Nc2ncc(Cl)c(-c3cn(C)c4cc([N+](=O)[O-])ccc34)n2)cn1. The van der Waals surface area contributed by atoms with Crippen LogP contribution >= 0.6 is 11.6 Å². The topological polar surface area (TPSA) is 104 Å². The molecule has 0 atom stereocenters. The van der Waals surface area contributed by atoms with Crippen LogP contribution in [0.5, 0.6) is 0 Å². The molecule has 9 nitrogen and oxygen atoms in total. The van der Waals surface area contributed by atoms with Crippen molar-refractivity contribution in [2.45, 2.75) is 0 Å². The van der Waals surface area contributed by atoms with Crippen molar-refractivity contribution in [2.24, 2.45) is 14.1 Å². The molecule has 0 aliphatic carbocycles. The second-order valence-electron chi connectivity index (χ2n) is 6.03. The highest BCUT2D eigenvalue weighted by Crippen LogP contribution is 2.35. The van der Waals surface area contributed by atoms with Gasteiger partial charge in [0.2, 0.25) is 5.95 Å². The lowest BCUT2D eigenvalue weighted by Crippen LogP contribution is -1.98. The minimum atomic E-state index is -0.417. The number of anilines is 2. The Balaban J connectivity index is 1.81. The molecule has 0 bridgehead atoms. The molecule has 0 saturated heterocycles. The fourth-order valence-corrected chi connectivity index (χ4v) is 3.10. The van der Waals surface area contributed by atoms with Crippen LogP contribution in [0, 0.1) is 10.1 Å². The van der Waals surface area contributed by atoms with Crippen LogP contribution < -0.4 is 5.32 Å². The highest BCUT2D eigenvalue weighted by molar-refractivity contribution is 6.33. The van der Waals surface area contributed by atoms with Crippen LogP contribution in [-0.4, -0.2) is 29.2 Å². The van der Waals surface area contributed by atoms with E-state index in [1.165, 1.54) is 18.3 Å². The Kier molecular flexibility index (Phi) is 4.00. The van der Waals surface area contributed by atoms with Gasteiger partial charge >= 0.3 is 0 Å². The van der Waals surface area contributed by atoms with E-state index < -0.39 is 4.92 Å². The number of aromatic nitrogens is 5. The van der Waals surface area contributed by atoms with Crippen molar-refractivity contribution in [3.05, 3.63) is 58.1 Å². The number of nitrogens with one attached hydrogen (secondary N) is 1. The van der Waals surface area contributed by atoms with E-state index in [0.29, 0.717) is 16.7 Å². The summed E-state index contributed by atoms with van der Waals surface area (Å²) in [5.74, 6) is 0.376. The van der Waals surface area contributed by atoms with Crippen LogP contribution in [0.15, 0.2) is 43.0 Å². The van der Waals surface area contributed by atoms with E-state index in [1.807, 2.05) is 24.9 Å². The number of rotatable bonds is 4. The molecule has 0 aliphatic heterocycles. The summed E-state index contributed by atoms with van der Waals surface area (Å²) < 4.78 is 3.47. The molecule has 136 valence electrons. The Morgan fingerprint density at radius 2 is 2.04 bits per heavy atom. The first-order valence-corrected chi connectivity index (χ1v) is 8.32. The van der Waals surface area contributed by atoms with Gasteiger partial charge in [-0.3, -0.25) is 14.8 Å². The molecule has 4 rings (SSSR count). The van der Waals surface area contributed by atoms with Gasteiger partial charge in [-0.1, -0.05) is 11.6 Å². The first-order valence-electron chi connectivity index (χ1n) is 7.94. The summed E-state index contributed by atoms with van der Waals surface area (Å²) in [6.45, 7) is 0. The molecule has 0 amide bonds. The van der Waals surface area contributed by atoms with E-state index >= 15 is 0 Å². The number of nitro benzene ring substituents is 1. The van der Waals surface area contributed by atoms with Crippen molar-refractivity contribution in [1.82, 2.24) is 24.3 Å². The second-order valence-corrected chi connectivity index (χ2v) is 6.44. The van der Waals surface area contributed by atoms with Gasteiger partial charge in [-0.25, -0.2) is 9.97 Å². The Hall–Kier alpha value is -3.46. The van der Waals surface area contributed by atoms with Crippen LogP contribution in [0.25, 0.3) is 22.2 Å². The van der Waals surface area contributed by atoms with Gasteiger partial charge in [0.25, 0.3) is 5.69 Å². The predicted molar refractivity (Wildman–Crippen MR) is 102 cm³/mol. The van der Waals surface area contributed by atoms with E-state index in [9.17, 15) is 10.1 Å². The molecule has 1 aromatic carbocycles. The summed E-state index contributed by atoms with van der Waals surface area (Å²) in [6.07, 6.45) is 6.83. The number of fused-ring (bicyclic) bond motifs is 1. The first-order chi connectivity index (χ1) is 12.9. The zero-order valence-corrected chi connectivity index (χ0v) is 15.2. The number of halogens is 1. The molecule has 0 radical (unpaired) electrons. The summed E-state index contributed by atoms with van der Waals surface area (Å²) in [7, 11) is 3.63. The van der Waals surface area contributed by atoms with Crippen LogP contribution in [0.2, 0.25) is 5.02 Å². The third kappa shape index (κ3) is 3.08. The molecular weight excluding hydrogens is 370 g/mol. The Bertz CT molecular complexity index is 1180. The van der Waals surface area contributed by atoms with Gasteiger partial charge in [0, 0.05) is 49.6 Å². The van der Waals surface area contributed by atoms with Crippen molar-refractivity contribution >= 4 is 39.8 Å². The van der Waals surface area contributed by atoms with Gasteiger partial charge in [-0.2, -0.15) is 5.10 Å². The molecular formula is C17H14ClN7O2. The maximum atomic E-state index is 11.0. The summed E-state index contributed by atoms with van der Waals surface area (Å²) in [5, 5.41) is 19.4. The lowest BCUT2D eigenvalue weighted by molar-refractivity contribution is -0.384. The molecule has 0 saturated carbocycles. The van der Waals surface area contributed by atoms with Crippen LogP contribution in [0.1, 0.15) is 0 Å². The highest BCUT2D eigenvalue weighted by atomic mass is 35.5. The zero-order valence-electron chi connectivity index (χ0n) is 14.4. The Labute approximate surface area is 158 Å². The van der Waals surface area contributed by atoms with Gasteiger partial charge < -0.3 is 9.88 Å². The molecule has 0 spiro atoms. The monoisotopic (exact) mass is 383 g/mol. The van der Waals surface area contributed by atoms with Gasteiger partial charge in [0.15, 0.2) is 0 Å². The average molecular weight is 384 g/mol. The average Bonchev–Trinajstić information content (AvgIpc) is 3.19. The summed E-state index contributed by atoms with van der Waals surface area (Å²) in [4.78, 5) is 19.4.